The summed E-state index contributed by atoms with van der Waals surface area (Å²) in [6.07, 6.45) is -1.97. The van der Waals surface area contributed by atoms with Crippen LogP contribution in [0.4, 0.5) is 13.2 Å². The van der Waals surface area contributed by atoms with E-state index in [0.717, 1.165) is 18.0 Å². The number of nitrogens with one attached hydrogen (secondary N) is 2. The Morgan fingerprint density at radius 1 is 1.14 bits per heavy atom. The van der Waals surface area contributed by atoms with Crippen LogP contribution in [-0.2, 0) is 18.1 Å². The zero-order valence-electron chi connectivity index (χ0n) is 16.6. The monoisotopic (exact) mass is 527 g/mol. The van der Waals surface area contributed by atoms with Crippen LogP contribution in [0.1, 0.15) is 38.0 Å². The summed E-state index contributed by atoms with van der Waals surface area (Å²) in [6, 6.07) is 2.11. The summed E-state index contributed by atoms with van der Waals surface area (Å²) >= 11 is 0. The number of alkyl halides is 3. The van der Waals surface area contributed by atoms with Crippen molar-refractivity contribution in [3.05, 3.63) is 41.7 Å². The molecule has 0 aromatic carbocycles. The van der Waals surface area contributed by atoms with Crippen LogP contribution in [0.5, 0.6) is 5.88 Å². The zero-order valence-corrected chi connectivity index (χ0v) is 19.0. The maximum Gasteiger partial charge on any atom is 0.417 e. The maximum absolute atomic E-state index is 12.5. The van der Waals surface area contributed by atoms with Crippen molar-refractivity contribution >= 4 is 29.9 Å². The third kappa shape index (κ3) is 8.07. The van der Waals surface area contributed by atoms with E-state index in [1.54, 1.807) is 13.2 Å². The molecule has 0 aliphatic heterocycles. The first-order valence-corrected chi connectivity index (χ1v) is 8.65. The first-order valence-electron chi connectivity index (χ1n) is 8.65. The molecular weight excluding hydrogens is 502 g/mol. The van der Waals surface area contributed by atoms with Gasteiger partial charge in [-0.05, 0) is 6.07 Å². The van der Waals surface area contributed by atoms with Gasteiger partial charge in [0.05, 0.1) is 24.8 Å². The molecule has 0 amide bonds. The van der Waals surface area contributed by atoms with Gasteiger partial charge in [-0.15, -0.1) is 24.0 Å². The Morgan fingerprint density at radius 3 is 2.38 bits per heavy atom. The number of hydrogen-bond acceptors (Lipinski definition) is 5. The summed E-state index contributed by atoms with van der Waals surface area (Å²) < 4.78 is 48.5. The second kappa shape index (κ2) is 10.6. The lowest BCUT2D eigenvalue weighted by Crippen LogP contribution is -2.39. The van der Waals surface area contributed by atoms with Crippen LogP contribution >= 0.6 is 24.0 Å². The molecule has 0 aliphatic carbocycles. The van der Waals surface area contributed by atoms with Crippen molar-refractivity contribution in [2.24, 2.45) is 4.99 Å². The van der Waals surface area contributed by atoms with Crippen LogP contribution in [0.25, 0.3) is 0 Å². The second-order valence-corrected chi connectivity index (χ2v) is 6.95. The Hall–Kier alpha value is -2.05. The molecule has 0 bridgehead atoms. The van der Waals surface area contributed by atoms with E-state index in [1.807, 2.05) is 20.8 Å². The Bertz CT molecular complexity index is 786. The largest absolute Gasteiger partial charge is 0.476 e. The molecule has 7 nitrogen and oxygen atoms in total. The number of ether oxygens (including phenoxy) is 1. The van der Waals surface area contributed by atoms with Gasteiger partial charge in [-0.2, -0.15) is 13.2 Å². The molecule has 11 heteroatoms. The molecule has 0 saturated carbocycles. The molecule has 2 aromatic heterocycles. The van der Waals surface area contributed by atoms with Gasteiger partial charge in [0, 0.05) is 24.7 Å². The van der Waals surface area contributed by atoms with Gasteiger partial charge in [-0.25, -0.2) is 9.97 Å². The maximum atomic E-state index is 12.5. The fourth-order valence-electron chi connectivity index (χ4n) is 2.08. The fourth-order valence-corrected chi connectivity index (χ4v) is 2.08. The van der Waals surface area contributed by atoms with E-state index in [0.29, 0.717) is 24.9 Å². The molecule has 162 valence electrons. The molecule has 2 rings (SSSR count). The molecule has 0 unspecified atom stereocenters. The lowest BCUT2D eigenvalue weighted by molar-refractivity contribution is -0.137. The average molecular weight is 527 g/mol. The number of pyridine rings is 1. The van der Waals surface area contributed by atoms with Gasteiger partial charge < -0.3 is 19.8 Å². The molecule has 0 saturated heterocycles. The van der Waals surface area contributed by atoms with Crippen molar-refractivity contribution < 1.29 is 22.3 Å². The minimum Gasteiger partial charge on any atom is -0.476 e. The van der Waals surface area contributed by atoms with Crippen molar-refractivity contribution in [2.75, 3.05) is 20.2 Å². The quantitative estimate of drug-likeness (QED) is 0.258. The van der Waals surface area contributed by atoms with Crippen molar-refractivity contribution in [3.63, 3.8) is 0 Å². The van der Waals surface area contributed by atoms with Crippen LogP contribution in [0.2, 0.25) is 0 Å². The van der Waals surface area contributed by atoms with Gasteiger partial charge >= 0.3 is 6.18 Å². The van der Waals surface area contributed by atoms with E-state index < -0.39 is 11.7 Å². The molecule has 29 heavy (non-hydrogen) atoms. The third-order valence-corrected chi connectivity index (χ3v) is 3.63. The predicted octanol–water partition coefficient (Wildman–Crippen LogP) is 3.75. The van der Waals surface area contributed by atoms with Crippen molar-refractivity contribution in [1.82, 2.24) is 20.6 Å². The molecule has 0 fully saturated rings. The van der Waals surface area contributed by atoms with E-state index in [-0.39, 0.29) is 41.9 Å². The van der Waals surface area contributed by atoms with Gasteiger partial charge in [0.1, 0.15) is 12.4 Å². The molecule has 0 atom stereocenters. The Kier molecular flexibility index (Phi) is 9.17. The Morgan fingerprint density at radius 2 is 1.86 bits per heavy atom. The van der Waals surface area contributed by atoms with Gasteiger partial charge in [-0.3, -0.25) is 4.99 Å². The summed E-state index contributed by atoms with van der Waals surface area (Å²) in [4.78, 5) is 11.9. The summed E-state index contributed by atoms with van der Waals surface area (Å²) in [6.45, 7) is 7.05. The minimum absolute atomic E-state index is 0. The third-order valence-electron chi connectivity index (χ3n) is 3.63. The number of aromatic nitrogens is 2. The molecule has 2 heterocycles. The SMILES string of the molecule is CN=C(NCCOc1ccc(C(F)(F)F)cn1)NCc1ncc(C(C)(C)C)o1.I. The number of halogens is 4. The average Bonchev–Trinajstić information content (AvgIpc) is 3.10. The van der Waals surface area contributed by atoms with Gasteiger partial charge in [0.2, 0.25) is 11.8 Å². The number of nitrogens with zero attached hydrogens (tertiary/aromatic N) is 3. The lowest BCUT2D eigenvalue weighted by atomic mass is 9.94. The number of rotatable bonds is 6. The fraction of sp³-hybridized carbons (Fsp3) is 0.500. The van der Waals surface area contributed by atoms with Crippen LogP contribution in [0, 0.1) is 0 Å². The highest BCUT2D eigenvalue weighted by Gasteiger charge is 2.30. The minimum atomic E-state index is -4.41. The summed E-state index contributed by atoms with van der Waals surface area (Å²) in [5, 5.41) is 6.08. The van der Waals surface area contributed by atoms with E-state index in [2.05, 4.69) is 25.6 Å². The van der Waals surface area contributed by atoms with Gasteiger partial charge in [0.15, 0.2) is 5.96 Å². The van der Waals surface area contributed by atoms with Crippen LogP contribution < -0.4 is 15.4 Å². The topological polar surface area (TPSA) is 84.6 Å². The van der Waals surface area contributed by atoms with Crippen LogP contribution in [-0.4, -0.2) is 36.1 Å². The van der Waals surface area contributed by atoms with Crippen molar-refractivity contribution in [1.29, 1.82) is 0 Å². The highest BCUT2D eigenvalue weighted by atomic mass is 127. The Balaban J connectivity index is 0.00000420. The summed E-state index contributed by atoms with van der Waals surface area (Å²) in [7, 11) is 1.61. The van der Waals surface area contributed by atoms with Crippen LogP contribution in [0.15, 0.2) is 33.9 Å². The zero-order chi connectivity index (χ0) is 20.8. The van der Waals surface area contributed by atoms with Crippen molar-refractivity contribution in [3.8, 4) is 5.88 Å². The first kappa shape index (κ1) is 25.0. The Labute approximate surface area is 184 Å². The van der Waals surface area contributed by atoms with Gasteiger partial charge in [-0.1, -0.05) is 20.8 Å². The van der Waals surface area contributed by atoms with E-state index in [1.165, 1.54) is 6.07 Å². The lowest BCUT2D eigenvalue weighted by Gasteiger charge is -2.13. The molecule has 2 aromatic rings. The molecule has 0 radical (unpaired) electrons. The number of hydrogen-bond donors (Lipinski definition) is 2. The molecular formula is C18H25F3IN5O2. The van der Waals surface area contributed by atoms with Crippen LogP contribution in [0.3, 0.4) is 0 Å². The first-order chi connectivity index (χ1) is 13.1. The number of oxazole rings is 1. The molecule has 0 spiro atoms. The van der Waals surface area contributed by atoms with E-state index >= 15 is 0 Å². The molecule has 0 aliphatic rings. The summed E-state index contributed by atoms with van der Waals surface area (Å²) in [5.41, 5.74) is -0.932. The number of aliphatic imine (C=N–C) groups is 1. The highest BCUT2D eigenvalue weighted by Crippen LogP contribution is 2.29. The summed E-state index contributed by atoms with van der Waals surface area (Å²) in [5.74, 6) is 1.97. The predicted molar refractivity (Wildman–Crippen MR) is 114 cm³/mol. The second-order valence-electron chi connectivity index (χ2n) is 6.95. The standard InChI is InChI=1S/C18H24F3N5O2.HI/c1-17(2,3)13-10-25-15(28-13)11-26-16(22-4)23-7-8-27-14-6-5-12(9-24-14)18(19,20)21;/h5-6,9-10H,7-8,11H2,1-4H3,(H2,22,23,26);1H. The number of guanidine groups is 1. The van der Waals surface area contributed by atoms with E-state index in [9.17, 15) is 13.2 Å². The molecule has 2 N–H and O–H groups in total. The van der Waals surface area contributed by atoms with Crippen molar-refractivity contribution in [2.45, 2.75) is 38.9 Å². The highest BCUT2D eigenvalue weighted by molar-refractivity contribution is 14.0. The smallest absolute Gasteiger partial charge is 0.417 e. The van der Waals surface area contributed by atoms with Gasteiger partial charge in [0.25, 0.3) is 0 Å². The van der Waals surface area contributed by atoms with E-state index in [4.69, 9.17) is 9.15 Å². The normalized spacial score (nSPS) is 12.3.